The summed E-state index contributed by atoms with van der Waals surface area (Å²) in [5.41, 5.74) is -1.76. The average Bonchev–Trinajstić information content (AvgIpc) is 3.13. The van der Waals surface area contributed by atoms with Crippen LogP contribution >= 0.6 is 0 Å². The number of ketones is 1. The summed E-state index contributed by atoms with van der Waals surface area (Å²) < 4.78 is 94.1. The zero-order valence-corrected chi connectivity index (χ0v) is 22.9. The minimum Gasteiger partial charge on any atom is -0.366 e. The van der Waals surface area contributed by atoms with Gasteiger partial charge in [0.1, 0.15) is 11.9 Å². The number of benzene rings is 2. The number of carbonyl (C=O) groups is 1. The highest BCUT2D eigenvalue weighted by molar-refractivity contribution is 7.89. The van der Waals surface area contributed by atoms with Crippen LogP contribution in [0.4, 0.5) is 22.0 Å². The highest BCUT2D eigenvalue weighted by Gasteiger charge is 2.75. The molecule has 0 saturated heterocycles. The highest BCUT2D eigenvalue weighted by Crippen LogP contribution is 2.71. The molecule has 6 rings (SSSR count). The third-order valence-electron chi connectivity index (χ3n) is 8.25. The normalized spacial score (nSPS) is 27.0. The van der Waals surface area contributed by atoms with Gasteiger partial charge in [0.2, 0.25) is 10.0 Å². The van der Waals surface area contributed by atoms with Gasteiger partial charge in [-0.1, -0.05) is 24.3 Å². The van der Waals surface area contributed by atoms with Crippen LogP contribution in [-0.4, -0.2) is 47.6 Å². The first kappa shape index (κ1) is 28.7. The molecule has 3 aliphatic carbocycles. The van der Waals surface area contributed by atoms with Crippen LogP contribution in [-0.2, 0) is 21.4 Å². The van der Waals surface area contributed by atoms with E-state index in [-0.39, 0.29) is 30.1 Å². The molecule has 1 heterocycles. The van der Waals surface area contributed by atoms with Gasteiger partial charge in [-0.3, -0.25) is 9.79 Å². The Labute approximate surface area is 229 Å². The van der Waals surface area contributed by atoms with E-state index in [1.165, 1.54) is 22.5 Å². The molecule has 0 aromatic heterocycles. The molecule has 216 valence electrons. The number of carbonyl (C=O) groups excluding carboxylic acids is 1. The molecule has 1 N–H and O–H groups in total. The van der Waals surface area contributed by atoms with E-state index < -0.39 is 56.8 Å². The lowest BCUT2D eigenvalue weighted by Crippen LogP contribution is -2.78. The molecule has 2 aromatic rings. The van der Waals surface area contributed by atoms with Crippen molar-refractivity contribution in [2.45, 2.75) is 87.1 Å². The lowest BCUT2D eigenvalue weighted by molar-refractivity contribution is -0.151. The minimum absolute atomic E-state index is 0.0818. The fourth-order valence-electron chi connectivity index (χ4n) is 6.32. The van der Waals surface area contributed by atoms with Crippen molar-refractivity contribution >= 4 is 21.6 Å². The molecular formula is C28H30F5N3O3S. The summed E-state index contributed by atoms with van der Waals surface area (Å²) in [6, 6.07) is 10.3. The van der Waals surface area contributed by atoms with Gasteiger partial charge in [0.25, 0.3) is 0 Å². The van der Waals surface area contributed by atoms with Crippen LogP contribution in [0.5, 0.6) is 0 Å². The summed E-state index contributed by atoms with van der Waals surface area (Å²) in [5.74, 6) is -1.90. The Morgan fingerprint density at radius 2 is 1.70 bits per heavy atom. The summed E-state index contributed by atoms with van der Waals surface area (Å²) in [6.45, 7) is 3.38. The van der Waals surface area contributed by atoms with Gasteiger partial charge >= 0.3 is 6.18 Å². The molecule has 2 aromatic carbocycles. The maximum Gasteiger partial charge on any atom is 0.389 e. The molecule has 1 atom stereocenters. The van der Waals surface area contributed by atoms with E-state index in [9.17, 15) is 35.2 Å². The zero-order valence-electron chi connectivity index (χ0n) is 22.1. The van der Waals surface area contributed by atoms with Gasteiger partial charge in [-0.25, -0.2) is 17.2 Å². The number of Topliss-reactive ketones (excluding diaryl/α,β-unsaturated/α-hetero) is 1. The van der Waals surface area contributed by atoms with Crippen molar-refractivity contribution in [1.29, 1.82) is 0 Å². The standard InChI is InChI=1S/C28H30F5N3O3S/c1-25(2)23(22(37)9-6-12-28(31,32)33)34-24(35-25)26-15-27(16-26,17-26)36(14-18-10-11-20(29)21(30)13-18)40(38,39)19-7-4-3-5-8-19/h3-5,7-8,10-11,13,23H,6,9,12,14-17H2,1-2H3,(H,34,35)/t23-,26?,27?/m0/s1. The predicted molar refractivity (Wildman–Crippen MR) is 138 cm³/mol. The summed E-state index contributed by atoms with van der Waals surface area (Å²) in [4.78, 5) is 17.5. The highest BCUT2D eigenvalue weighted by atomic mass is 32.2. The second-order valence-electron chi connectivity index (χ2n) is 11.8. The fraction of sp³-hybridized carbons (Fsp3) is 0.500. The van der Waals surface area contributed by atoms with Crippen LogP contribution in [0.2, 0.25) is 0 Å². The van der Waals surface area contributed by atoms with Gasteiger partial charge < -0.3 is 5.32 Å². The molecule has 6 nitrogen and oxygen atoms in total. The number of hydrogen-bond donors (Lipinski definition) is 1. The van der Waals surface area contributed by atoms with E-state index >= 15 is 0 Å². The molecule has 0 radical (unpaired) electrons. The molecule has 1 aliphatic heterocycles. The topological polar surface area (TPSA) is 78.8 Å². The molecule has 0 spiro atoms. The van der Waals surface area contributed by atoms with Crippen LogP contribution in [0, 0.1) is 17.0 Å². The fourth-order valence-corrected chi connectivity index (χ4v) is 8.10. The van der Waals surface area contributed by atoms with Gasteiger partial charge in [-0.15, -0.1) is 0 Å². The van der Waals surface area contributed by atoms with E-state index in [1.54, 1.807) is 32.0 Å². The number of halogens is 5. The Bertz CT molecular complexity index is 1440. The van der Waals surface area contributed by atoms with Crippen molar-refractivity contribution in [2.75, 3.05) is 0 Å². The van der Waals surface area contributed by atoms with Crippen molar-refractivity contribution in [1.82, 2.24) is 9.62 Å². The van der Waals surface area contributed by atoms with Crippen LogP contribution in [0.25, 0.3) is 0 Å². The summed E-state index contributed by atoms with van der Waals surface area (Å²) in [6.07, 6.45) is -4.67. The lowest BCUT2D eigenvalue weighted by Gasteiger charge is -2.73. The quantitative estimate of drug-likeness (QED) is 0.373. The Morgan fingerprint density at radius 3 is 2.30 bits per heavy atom. The van der Waals surface area contributed by atoms with Crippen molar-refractivity contribution in [3.63, 3.8) is 0 Å². The number of sulfonamides is 1. The Balaban J connectivity index is 1.36. The number of aliphatic imine (C=N–C) groups is 1. The van der Waals surface area contributed by atoms with Gasteiger partial charge in [0, 0.05) is 30.3 Å². The first-order chi connectivity index (χ1) is 18.6. The zero-order chi connectivity index (χ0) is 29.1. The Kier molecular flexibility index (Phi) is 6.89. The lowest BCUT2D eigenvalue weighted by atomic mass is 9.38. The second-order valence-corrected chi connectivity index (χ2v) is 13.6. The number of nitrogens with one attached hydrogen (secondary N) is 1. The minimum atomic E-state index is -4.33. The number of rotatable bonds is 10. The first-order valence-corrected chi connectivity index (χ1v) is 14.5. The van der Waals surface area contributed by atoms with Crippen LogP contribution in [0.3, 0.4) is 0 Å². The van der Waals surface area contributed by atoms with Crippen LogP contribution < -0.4 is 5.32 Å². The molecule has 0 amide bonds. The maximum absolute atomic E-state index is 14.0. The smallest absolute Gasteiger partial charge is 0.366 e. The molecule has 40 heavy (non-hydrogen) atoms. The molecule has 0 unspecified atom stereocenters. The summed E-state index contributed by atoms with van der Waals surface area (Å²) in [7, 11) is -4.01. The van der Waals surface area contributed by atoms with Crippen molar-refractivity contribution in [2.24, 2.45) is 10.4 Å². The molecule has 3 saturated carbocycles. The molecule has 2 bridgehead atoms. The van der Waals surface area contributed by atoms with Gasteiger partial charge in [-0.05, 0) is 69.4 Å². The van der Waals surface area contributed by atoms with Gasteiger partial charge in [0.05, 0.1) is 10.4 Å². The molecular weight excluding hydrogens is 553 g/mol. The van der Waals surface area contributed by atoms with Crippen molar-refractivity contribution in [3.8, 4) is 0 Å². The number of amidine groups is 1. The third kappa shape index (κ3) is 5.04. The van der Waals surface area contributed by atoms with E-state index in [4.69, 9.17) is 0 Å². The second kappa shape index (κ2) is 9.61. The number of hydrogen-bond acceptors (Lipinski definition) is 5. The van der Waals surface area contributed by atoms with Gasteiger partial charge in [0.15, 0.2) is 17.4 Å². The number of nitrogens with zero attached hydrogens (tertiary/aromatic N) is 2. The Hall–Kier alpha value is -2.86. The SMILES string of the molecule is CC1(C)NC(C23CC(N(Cc4ccc(F)c(F)c4)S(=O)(=O)c4ccccc4)(C2)C3)=N[C@H]1C(=O)CCCC(F)(F)F. The summed E-state index contributed by atoms with van der Waals surface area (Å²) in [5, 5.41) is 3.29. The largest absolute Gasteiger partial charge is 0.389 e. The predicted octanol–water partition coefficient (Wildman–Crippen LogP) is 5.53. The Morgan fingerprint density at radius 1 is 1.05 bits per heavy atom. The maximum atomic E-state index is 14.0. The van der Waals surface area contributed by atoms with Crippen LogP contribution in [0.1, 0.15) is 57.9 Å². The van der Waals surface area contributed by atoms with E-state index in [1.807, 2.05) is 0 Å². The van der Waals surface area contributed by atoms with Crippen molar-refractivity contribution < 1.29 is 35.2 Å². The van der Waals surface area contributed by atoms with E-state index in [2.05, 4.69) is 10.3 Å². The molecule has 12 heteroatoms. The molecule has 3 fully saturated rings. The summed E-state index contributed by atoms with van der Waals surface area (Å²) >= 11 is 0. The average molecular weight is 584 g/mol. The van der Waals surface area contributed by atoms with E-state index in [0.717, 1.165) is 12.1 Å². The third-order valence-corrected chi connectivity index (χ3v) is 10.2. The van der Waals surface area contributed by atoms with Crippen molar-refractivity contribution in [3.05, 3.63) is 65.7 Å². The monoisotopic (exact) mass is 583 g/mol. The first-order valence-electron chi connectivity index (χ1n) is 13.0. The molecule has 4 aliphatic rings. The van der Waals surface area contributed by atoms with E-state index in [0.29, 0.717) is 30.7 Å². The number of alkyl halides is 3. The van der Waals surface area contributed by atoms with Crippen LogP contribution in [0.15, 0.2) is 58.4 Å². The van der Waals surface area contributed by atoms with Gasteiger partial charge in [-0.2, -0.15) is 17.5 Å².